The third-order valence-electron chi connectivity index (χ3n) is 7.22. The zero-order valence-electron chi connectivity index (χ0n) is 19.5. The number of fused-ring (bicyclic) bond motifs is 1. The van der Waals surface area contributed by atoms with E-state index in [1.165, 1.54) is 12.8 Å². The third kappa shape index (κ3) is 4.64. The summed E-state index contributed by atoms with van der Waals surface area (Å²) in [7, 11) is 0. The van der Waals surface area contributed by atoms with E-state index in [2.05, 4.69) is 4.90 Å². The minimum atomic E-state index is -0.117. The normalized spacial score (nSPS) is 21.4. The van der Waals surface area contributed by atoms with Gasteiger partial charge in [-0.3, -0.25) is 19.4 Å². The molecule has 3 aliphatic heterocycles. The number of amides is 2. The molecule has 2 aromatic rings. The highest BCUT2D eigenvalue weighted by Crippen LogP contribution is 2.34. The van der Waals surface area contributed by atoms with Crippen LogP contribution in [0.25, 0.3) is 0 Å². The number of hydrogen-bond acceptors (Lipinski definition) is 5. The quantitative estimate of drug-likeness (QED) is 0.703. The Labute approximate surface area is 195 Å². The van der Waals surface area contributed by atoms with Gasteiger partial charge in [-0.25, -0.2) is 9.97 Å². The number of benzene rings is 1. The number of carbonyl (C=O) groups excluding carboxylic acids is 2. The zero-order chi connectivity index (χ0) is 22.8. The fraction of sp³-hybridized carbons (Fsp3) is 0.538. The molecule has 7 nitrogen and oxygen atoms in total. The van der Waals surface area contributed by atoms with Gasteiger partial charge in [0.2, 0.25) is 11.8 Å². The molecule has 1 aromatic carbocycles. The lowest BCUT2D eigenvalue weighted by Gasteiger charge is -2.37. The molecule has 0 N–H and O–H groups in total. The van der Waals surface area contributed by atoms with Crippen LogP contribution in [-0.2, 0) is 22.6 Å². The van der Waals surface area contributed by atoms with Crippen molar-refractivity contribution in [3.63, 3.8) is 0 Å². The summed E-state index contributed by atoms with van der Waals surface area (Å²) in [6.45, 7) is 5.78. The molecule has 4 heterocycles. The molecule has 0 spiro atoms. The Bertz CT molecular complexity index is 1020. The van der Waals surface area contributed by atoms with Crippen molar-refractivity contribution in [2.24, 2.45) is 0 Å². The third-order valence-corrected chi connectivity index (χ3v) is 7.22. The van der Waals surface area contributed by atoms with E-state index in [9.17, 15) is 9.59 Å². The average Bonchev–Trinajstić information content (AvgIpc) is 3.34. The molecule has 2 fully saturated rings. The molecular formula is C26H33N5O2. The zero-order valence-corrected chi connectivity index (χ0v) is 19.5. The van der Waals surface area contributed by atoms with Crippen LogP contribution in [0.2, 0.25) is 0 Å². The number of likely N-dealkylation sites (tertiary alicyclic amines) is 2. The summed E-state index contributed by atoms with van der Waals surface area (Å²) >= 11 is 0. The molecule has 1 atom stereocenters. The molecule has 0 bridgehead atoms. The summed E-state index contributed by atoms with van der Waals surface area (Å²) in [6, 6.07) is 9.93. The van der Waals surface area contributed by atoms with Crippen molar-refractivity contribution in [3.8, 4) is 0 Å². The molecule has 5 rings (SSSR count). The van der Waals surface area contributed by atoms with Crippen molar-refractivity contribution in [1.29, 1.82) is 0 Å². The van der Waals surface area contributed by atoms with E-state index in [1.54, 1.807) is 0 Å². The second-order valence-electron chi connectivity index (χ2n) is 9.52. The van der Waals surface area contributed by atoms with Gasteiger partial charge in [0.15, 0.2) is 5.82 Å². The second kappa shape index (κ2) is 9.59. The second-order valence-corrected chi connectivity index (χ2v) is 9.52. The summed E-state index contributed by atoms with van der Waals surface area (Å²) in [5, 5.41) is 0. The van der Waals surface area contributed by atoms with Gasteiger partial charge in [-0.15, -0.1) is 0 Å². The maximum absolute atomic E-state index is 13.2. The summed E-state index contributed by atoms with van der Waals surface area (Å²) < 4.78 is 0. The first-order chi connectivity index (χ1) is 16.1. The Morgan fingerprint density at radius 1 is 1.00 bits per heavy atom. The van der Waals surface area contributed by atoms with E-state index in [0.717, 1.165) is 61.5 Å². The molecule has 3 aliphatic rings. The topological polar surface area (TPSA) is 69.6 Å². The SMILES string of the molecule is Cc1nc([C@@H]2CCCCN2C(=O)CN2CCCC2)nc2c1CCC(=O)N2Cc1ccccc1. The first-order valence-electron chi connectivity index (χ1n) is 12.3. The van der Waals surface area contributed by atoms with Crippen LogP contribution < -0.4 is 4.90 Å². The van der Waals surface area contributed by atoms with Gasteiger partial charge in [0, 0.05) is 24.2 Å². The predicted octanol–water partition coefficient (Wildman–Crippen LogP) is 3.41. The van der Waals surface area contributed by atoms with Crippen LogP contribution >= 0.6 is 0 Å². The number of piperidine rings is 1. The van der Waals surface area contributed by atoms with Gasteiger partial charge >= 0.3 is 0 Å². The highest BCUT2D eigenvalue weighted by atomic mass is 16.2. The Morgan fingerprint density at radius 3 is 2.55 bits per heavy atom. The van der Waals surface area contributed by atoms with E-state index in [0.29, 0.717) is 31.8 Å². The van der Waals surface area contributed by atoms with E-state index in [1.807, 2.05) is 47.1 Å². The van der Waals surface area contributed by atoms with Crippen LogP contribution in [0, 0.1) is 6.92 Å². The molecule has 33 heavy (non-hydrogen) atoms. The Balaban J connectivity index is 1.45. The van der Waals surface area contributed by atoms with Gasteiger partial charge in [0.05, 0.1) is 19.1 Å². The van der Waals surface area contributed by atoms with Gasteiger partial charge in [-0.2, -0.15) is 0 Å². The largest absolute Gasteiger partial charge is 0.331 e. The molecule has 2 amide bonds. The maximum atomic E-state index is 13.2. The van der Waals surface area contributed by atoms with Gasteiger partial charge < -0.3 is 4.90 Å². The van der Waals surface area contributed by atoms with Crippen molar-refractivity contribution >= 4 is 17.6 Å². The summed E-state index contributed by atoms with van der Waals surface area (Å²) in [5.74, 6) is 1.70. The highest BCUT2D eigenvalue weighted by molar-refractivity contribution is 5.95. The van der Waals surface area contributed by atoms with Crippen molar-refractivity contribution in [2.75, 3.05) is 31.1 Å². The molecule has 1 aromatic heterocycles. The fourth-order valence-electron chi connectivity index (χ4n) is 5.40. The van der Waals surface area contributed by atoms with Gasteiger partial charge in [0.25, 0.3) is 0 Å². The Kier molecular flexibility index (Phi) is 6.40. The predicted molar refractivity (Wildman–Crippen MR) is 127 cm³/mol. The lowest BCUT2D eigenvalue weighted by Crippen LogP contribution is -2.44. The molecule has 0 saturated carbocycles. The van der Waals surface area contributed by atoms with Crippen LogP contribution in [0.3, 0.4) is 0 Å². The van der Waals surface area contributed by atoms with Crippen LogP contribution in [0.5, 0.6) is 0 Å². The van der Waals surface area contributed by atoms with Gasteiger partial charge in [-0.05, 0) is 64.1 Å². The van der Waals surface area contributed by atoms with Crippen LogP contribution in [0.4, 0.5) is 5.82 Å². The van der Waals surface area contributed by atoms with E-state index in [-0.39, 0.29) is 17.9 Å². The molecule has 2 saturated heterocycles. The maximum Gasteiger partial charge on any atom is 0.237 e. The number of aromatic nitrogens is 2. The number of hydrogen-bond donors (Lipinski definition) is 0. The number of aryl methyl sites for hydroxylation is 1. The van der Waals surface area contributed by atoms with Crippen LogP contribution in [0.15, 0.2) is 30.3 Å². The average molecular weight is 448 g/mol. The molecule has 174 valence electrons. The first-order valence-corrected chi connectivity index (χ1v) is 12.3. The standard InChI is InChI=1S/C26H33N5O2/c1-19-21-12-13-23(32)31(17-20-9-3-2-4-10-20)26(21)28-25(27-19)22-11-5-6-16-30(22)24(33)18-29-14-7-8-15-29/h2-4,9-10,22H,5-8,11-18H2,1H3/t22-/m0/s1. The minimum absolute atomic E-state index is 0.0982. The van der Waals surface area contributed by atoms with E-state index < -0.39 is 0 Å². The monoisotopic (exact) mass is 447 g/mol. The van der Waals surface area contributed by atoms with Crippen molar-refractivity contribution in [3.05, 3.63) is 53.0 Å². The number of carbonyl (C=O) groups is 2. The summed E-state index contributed by atoms with van der Waals surface area (Å²) in [6.07, 6.45) is 6.46. The van der Waals surface area contributed by atoms with Crippen molar-refractivity contribution in [2.45, 2.75) is 64.5 Å². The van der Waals surface area contributed by atoms with Gasteiger partial charge in [0.1, 0.15) is 5.82 Å². The lowest BCUT2D eigenvalue weighted by molar-refractivity contribution is -0.136. The van der Waals surface area contributed by atoms with Gasteiger partial charge in [-0.1, -0.05) is 30.3 Å². The molecular weight excluding hydrogens is 414 g/mol. The number of anilines is 1. The summed E-state index contributed by atoms with van der Waals surface area (Å²) in [5.41, 5.74) is 3.06. The fourth-order valence-corrected chi connectivity index (χ4v) is 5.40. The van der Waals surface area contributed by atoms with Crippen LogP contribution in [0.1, 0.15) is 67.2 Å². The first kappa shape index (κ1) is 22.0. The summed E-state index contributed by atoms with van der Waals surface area (Å²) in [4.78, 5) is 42.1. The van der Waals surface area contributed by atoms with Crippen molar-refractivity contribution < 1.29 is 9.59 Å². The smallest absolute Gasteiger partial charge is 0.237 e. The highest BCUT2D eigenvalue weighted by Gasteiger charge is 2.34. The van der Waals surface area contributed by atoms with Crippen LogP contribution in [-0.4, -0.2) is 57.8 Å². The van der Waals surface area contributed by atoms with Crippen molar-refractivity contribution in [1.82, 2.24) is 19.8 Å². The minimum Gasteiger partial charge on any atom is -0.331 e. The molecule has 0 unspecified atom stereocenters. The lowest BCUT2D eigenvalue weighted by atomic mass is 9.99. The number of nitrogens with zero attached hydrogens (tertiary/aromatic N) is 5. The number of rotatable bonds is 5. The van der Waals surface area contributed by atoms with E-state index in [4.69, 9.17) is 9.97 Å². The van der Waals surface area contributed by atoms with E-state index >= 15 is 0 Å². The Morgan fingerprint density at radius 2 is 1.76 bits per heavy atom. The Hall–Kier alpha value is -2.80. The molecule has 0 aliphatic carbocycles. The molecule has 0 radical (unpaired) electrons. The molecule has 7 heteroatoms.